The van der Waals surface area contributed by atoms with Crippen LogP contribution in [0.2, 0.25) is 0 Å². The summed E-state index contributed by atoms with van der Waals surface area (Å²) in [5, 5.41) is 0. The summed E-state index contributed by atoms with van der Waals surface area (Å²) < 4.78 is 24.2. The molecular weight excluding hydrogens is 215 g/mol. The van der Waals surface area contributed by atoms with Gasteiger partial charge in [-0.2, -0.15) is 0 Å². The van der Waals surface area contributed by atoms with Gasteiger partial charge in [0.1, 0.15) is 0 Å². The number of hydrogen-bond donors (Lipinski definition) is 2. The van der Waals surface area contributed by atoms with Gasteiger partial charge in [0.05, 0.1) is 13.2 Å². The molecule has 0 aliphatic rings. The highest BCUT2D eigenvalue weighted by atomic mass is 31.2. The van der Waals surface area contributed by atoms with Crippen LogP contribution in [0.25, 0.3) is 0 Å². The van der Waals surface area contributed by atoms with Crippen molar-refractivity contribution in [3.8, 4) is 0 Å². The van der Waals surface area contributed by atoms with Crippen LogP contribution in [0.3, 0.4) is 0 Å². The van der Waals surface area contributed by atoms with Gasteiger partial charge in [0.2, 0.25) is 0 Å². The molecule has 7 nitrogen and oxygen atoms in total. The molecule has 0 saturated carbocycles. The molecule has 2 N–H and O–H groups in total. The highest BCUT2D eigenvalue weighted by Gasteiger charge is 2.53. The third-order valence-electron chi connectivity index (χ3n) is 1.18. The molecule has 0 aliphatic heterocycles. The Hall–Kier alpha value is -0.460. The van der Waals surface area contributed by atoms with Crippen molar-refractivity contribution < 1.29 is 33.4 Å². The smallest absolute Gasteiger partial charge is 0.389 e. The summed E-state index contributed by atoms with van der Waals surface area (Å²) >= 11 is 0. The summed E-state index contributed by atoms with van der Waals surface area (Å²) in [6.45, 7) is 3.65. The van der Waals surface area contributed by atoms with E-state index < -0.39 is 13.3 Å². The summed E-state index contributed by atoms with van der Waals surface area (Å²) in [7, 11) is -4.89. The maximum Gasteiger partial charge on any atom is 0.437 e. The van der Waals surface area contributed by atoms with Crippen molar-refractivity contribution in [2.24, 2.45) is 0 Å². The van der Waals surface area contributed by atoms with E-state index >= 15 is 0 Å². The van der Waals surface area contributed by atoms with Gasteiger partial charge in [-0.05, 0) is 13.8 Å². The van der Waals surface area contributed by atoms with Crippen LogP contribution in [-0.2, 0) is 23.6 Å². The Labute approximate surface area is 81.1 Å². The molecule has 0 heterocycles. The Balaban J connectivity index is 4.92. The largest absolute Gasteiger partial charge is 0.437 e. The lowest BCUT2D eigenvalue weighted by molar-refractivity contribution is -0.297. The van der Waals surface area contributed by atoms with Gasteiger partial charge in [0, 0.05) is 0 Å². The Kier molecular flexibility index (Phi) is 5.25. The predicted molar refractivity (Wildman–Crippen MR) is 44.8 cm³/mol. The van der Waals surface area contributed by atoms with Gasteiger partial charge in [0.25, 0.3) is 0 Å². The van der Waals surface area contributed by atoms with Gasteiger partial charge >= 0.3 is 19.8 Å². The van der Waals surface area contributed by atoms with E-state index in [-0.39, 0.29) is 13.2 Å². The summed E-state index contributed by atoms with van der Waals surface area (Å²) in [6.07, 6.45) is 0. The second kappa shape index (κ2) is 5.43. The summed E-state index contributed by atoms with van der Waals surface area (Å²) in [4.78, 5) is 27.7. The molecule has 0 atom stereocenters. The molecule has 0 aromatic heterocycles. The van der Waals surface area contributed by atoms with E-state index in [2.05, 4.69) is 14.2 Å². The van der Waals surface area contributed by atoms with Crippen molar-refractivity contribution >= 4 is 14.1 Å². The monoisotopic (exact) mass is 227 g/mol. The Morgan fingerprint density at radius 2 is 1.71 bits per heavy atom. The average molecular weight is 227 g/mol. The molecule has 8 heteroatoms. The van der Waals surface area contributed by atoms with Gasteiger partial charge in [-0.3, -0.25) is 0 Å². The normalized spacial score (nSPS) is 12.6. The first-order chi connectivity index (χ1) is 6.43. The molecular formula is C6H12O7P. The lowest BCUT2D eigenvalue weighted by Gasteiger charge is -2.29. The van der Waals surface area contributed by atoms with E-state index in [4.69, 9.17) is 9.79 Å². The van der Waals surface area contributed by atoms with Crippen LogP contribution < -0.4 is 0 Å². The first kappa shape index (κ1) is 13.5. The number of carbonyl (C=O) groups excluding carboxylic acids is 1. The van der Waals surface area contributed by atoms with Crippen molar-refractivity contribution in [1.82, 2.24) is 0 Å². The summed E-state index contributed by atoms with van der Waals surface area (Å²) in [5.41, 5.74) is -2.67. The maximum atomic E-state index is 11.0. The third-order valence-corrected chi connectivity index (χ3v) is 2.24. The molecule has 0 rings (SSSR count). The molecule has 1 radical (unpaired) electrons. The molecule has 0 aromatic rings. The Morgan fingerprint density at radius 1 is 1.29 bits per heavy atom. The first-order valence-electron chi connectivity index (χ1n) is 3.82. The second-order valence-electron chi connectivity index (χ2n) is 2.12. The van der Waals surface area contributed by atoms with Gasteiger partial charge in [0.15, 0.2) is 0 Å². The van der Waals surface area contributed by atoms with E-state index in [9.17, 15) is 9.36 Å². The lowest BCUT2D eigenvalue weighted by Crippen LogP contribution is -2.38. The molecule has 0 fully saturated rings. The first-order valence-corrected chi connectivity index (χ1v) is 5.43. The maximum absolute atomic E-state index is 11.0. The van der Waals surface area contributed by atoms with Crippen LogP contribution in [0.15, 0.2) is 0 Å². The van der Waals surface area contributed by atoms with Crippen LogP contribution in [0.4, 0.5) is 0 Å². The van der Waals surface area contributed by atoms with E-state index in [0.29, 0.717) is 0 Å². The Bertz CT molecular complexity index is 216. The van der Waals surface area contributed by atoms with Gasteiger partial charge in [-0.15, -0.1) is 0 Å². The van der Waals surface area contributed by atoms with Crippen molar-refractivity contribution in [2.75, 3.05) is 13.2 Å². The van der Waals surface area contributed by atoms with Crippen molar-refractivity contribution in [3.05, 3.63) is 0 Å². The number of rotatable bonds is 7. The van der Waals surface area contributed by atoms with Crippen LogP contribution in [-0.4, -0.2) is 35.2 Å². The molecule has 83 valence electrons. The van der Waals surface area contributed by atoms with E-state index in [1.54, 1.807) is 0 Å². The van der Waals surface area contributed by atoms with Gasteiger partial charge < -0.3 is 24.0 Å². The van der Waals surface area contributed by atoms with Crippen molar-refractivity contribution in [1.29, 1.82) is 0 Å². The number of ether oxygens (including phenoxy) is 3. The minimum absolute atomic E-state index is 0.0905. The fraction of sp³-hybridized carbons (Fsp3) is 0.833. The van der Waals surface area contributed by atoms with Gasteiger partial charge in [-0.1, -0.05) is 0 Å². The van der Waals surface area contributed by atoms with Crippen LogP contribution in [0.1, 0.15) is 13.8 Å². The summed E-state index contributed by atoms with van der Waals surface area (Å²) in [6, 6.07) is 0. The Morgan fingerprint density at radius 3 is 1.93 bits per heavy atom. The van der Waals surface area contributed by atoms with Crippen LogP contribution >= 0.6 is 7.60 Å². The van der Waals surface area contributed by atoms with E-state index in [0.717, 1.165) is 6.47 Å². The average Bonchev–Trinajstić information content (AvgIpc) is 2.03. The van der Waals surface area contributed by atoms with Crippen LogP contribution in [0.5, 0.6) is 0 Å². The highest BCUT2D eigenvalue weighted by Crippen LogP contribution is 2.52. The van der Waals surface area contributed by atoms with Crippen LogP contribution in [0, 0.1) is 0 Å². The zero-order valence-corrected chi connectivity index (χ0v) is 8.69. The van der Waals surface area contributed by atoms with E-state index in [1.165, 1.54) is 13.8 Å². The molecule has 0 amide bonds. The molecule has 0 saturated heterocycles. The summed E-state index contributed by atoms with van der Waals surface area (Å²) in [5.74, 6) is 0. The number of hydrogen-bond acceptors (Lipinski definition) is 5. The van der Waals surface area contributed by atoms with E-state index in [1.807, 2.05) is 0 Å². The topological polar surface area (TPSA) is 102 Å². The molecule has 14 heavy (non-hydrogen) atoms. The SMILES string of the molecule is CCOC(O[C]=O)(OCC)P(=O)(O)O. The molecule has 0 bridgehead atoms. The fourth-order valence-electron chi connectivity index (χ4n) is 0.746. The standard InChI is InChI=1S/C6H12O7P/c1-3-11-6(12-4-2,13-5-7)14(8,9)10/h3-4H2,1-2H3,(H2,8,9,10). The zero-order valence-electron chi connectivity index (χ0n) is 7.80. The predicted octanol–water partition coefficient (Wildman–Crippen LogP) is -0.0678. The fourth-order valence-corrected chi connectivity index (χ4v) is 1.50. The minimum Gasteiger partial charge on any atom is -0.389 e. The van der Waals surface area contributed by atoms with Crippen molar-refractivity contribution in [2.45, 2.75) is 19.6 Å². The second-order valence-corrected chi connectivity index (χ2v) is 3.76. The molecule has 0 spiro atoms. The zero-order chi connectivity index (χ0) is 11.2. The van der Waals surface area contributed by atoms with Crippen molar-refractivity contribution in [3.63, 3.8) is 0 Å². The van der Waals surface area contributed by atoms with Gasteiger partial charge in [-0.25, -0.2) is 9.36 Å². The molecule has 0 aliphatic carbocycles. The molecule has 0 aromatic carbocycles. The lowest BCUT2D eigenvalue weighted by atomic mass is 10.8. The highest BCUT2D eigenvalue weighted by molar-refractivity contribution is 7.52. The quantitative estimate of drug-likeness (QED) is 0.463. The minimum atomic E-state index is -4.89. The molecule has 0 unspecified atom stereocenters. The third kappa shape index (κ3) is 3.04.